The van der Waals surface area contributed by atoms with Gasteiger partial charge in [0.1, 0.15) is 5.75 Å². The average Bonchev–Trinajstić information content (AvgIpc) is 2.79. The maximum atomic E-state index is 13.2. The Kier molecular flexibility index (Phi) is 6.60. The lowest BCUT2D eigenvalue weighted by atomic mass is 10.0. The highest BCUT2D eigenvalue weighted by Gasteiger charge is 2.24. The second kappa shape index (κ2) is 9.58. The number of nitrogens with zero attached hydrogens (tertiary/aromatic N) is 1. The molecule has 4 rings (SSSR count). The Morgan fingerprint density at radius 2 is 1.73 bits per heavy atom. The minimum atomic E-state index is -3.72. The van der Waals surface area contributed by atoms with Gasteiger partial charge < -0.3 is 10.2 Å². The smallest absolute Gasteiger partial charge is 0.258 e. The Balaban J connectivity index is 1.45. The van der Waals surface area contributed by atoms with E-state index in [2.05, 4.69) is 5.32 Å². The second-order valence-electron chi connectivity index (χ2n) is 8.34. The molecular weight excluding hydrogens is 436 g/mol. The summed E-state index contributed by atoms with van der Waals surface area (Å²) in [6.45, 7) is 2.55. The molecule has 1 aliphatic heterocycles. The lowest BCUT2D eigenvalue weighted by molar-refractivity contribution is -0.113. The second-order valence-corrected chi connectivity index (χ2v) is 10.4. The van der Waals surface area contributed by atoms with Crippen LogP contribution in [0.2, 0.25) is 0 Å². The summed E-state index contributed by atoms with van der Waals surface area (Å²) in [5.74, 6) is -1.68. The minimum Gasteiger partial charge on any atom is -0.325 e. The molecule has 0 aliphatic carbocycles. The zero-order chi connectivity index (χ0) is 23.4. The van der Waals surface area contributed by atoms with Crippen LogP contribution in [0.15, 0.2) is 72.8 Å². The molecule has 7 heteroatoms. The van der Waals surface area contributed by atoms with Gasteiger partial charge in [0, 0.05) is 23.5 Å². The molecule has 0 saturated carbocycles. The van der Waals surface area contributed by atoms with E-state index in [4.69, 9.17) is 0 Å². The molecule has 1 N–H and O–H groups in total. The van der Waals surface area contributed by atoms with Crippen molar-refractivity contribution in [1.29, 1.82) is 0 Å². The van der Waals surface area contributed by atoms with Gasteiger partial charge in [-0.3, -0.25) is 9.59 Å². The minimum absolute atomic E-state index is 0.154. The highest BCUT2D eigenvalue weighted by atomic mass is 32.2. The van der Waals surface area contributed by atoms with Crippen LogP contribution in [0.1, 0.15) is 33.5 Å². The summed E-state index contributed by atoms with van der Waals surface area (Å²) in [6.07, 6.45) is 1.82. The molecule has 0 saturated heterocycles. The number of aryl methyl sites for hydroxylation is 2. The third-order valence-electron chi connectivity index (χ3n) is 5.60. The van der Waals surface area contributed by atoms with Crippen LogP contribution in [0.25, 0.3) is 0 Å². The number of benzene rings is 3. The van der Waals surface area contributed by atoms with E-state index < -0.39 is 21.5 Å². The maximum Gasteiger partial charge on any atom is 0.258 e. The van der Waals surface area contributed by atoms with Crippen LogP contribution < -0.4 is 10.2 Å². The summed E-state index contributed by atoms with van der Waals surface area (Å²) >= 11 is 0. The van der Waals surface area contributed by atoms with Crippen LogP contribution >= 0.6 is 0 Å². The predicted octanol–water partition coefficient (Wildman–Crippen LogP) is 4.14. The molecule has 0 unspecified atom stereocenters. The standard InChI is InChI=1S/C26H26N2O4S/c1-19-11-13-23(14-12-19)27-25(29)18-33(31,32)17-20-6-4-8-22(16-20)26(30)28-15-5-9-21-7-2-3-10-24(21)28/h2-4,6-8,10-14,16H,5,9,15,17-18H2,1H3,(H,27,29). The van der Waals surface area contributed by atoms with Crippen molar-refractivity contribution in [2.45, 2.75) is 25.5 Å². The number of hydrogen-bond acceptors (Lipinski definition) is 4. The number of anilines is 2. The zero-order valence-corrected chi connectivity index (χ0v) is 19.3. The number of amides is 2. The number of hydrogen-bond donors (Lipinski definition) is 1. The molecule has 0 atom stereocenters. The highest BCUT2D eigenvalue weighted by molar-refractivity contribution is 7.91. The molecule has 0 radical (unpaired) electrons. The number of carbonyl (C=O) groups excluding carboxylic acids is 2. The first-order valence-corrected chi connectivity index (χ1v) is 12.7. The lowest BCUT2D eigenvalue weighted by Crippen LogP contribution is -2.35. The van der Waals surface area contributed by atoms with E-state index in [1.54, 1.807) is 41.3 Å². The van der Waals surface area contributed by atoms with Crippen LogP contribution in [0, 0.1) is 6.92 Å². The quantitative estimate of drug-likeness (QED) is 0.597. The van der Waals surface area contributed by atoms with E-state index in [1.165, 1.54) is 0 Å². The largest absolute Gasteiger partial charge is 0.325 e. The first kappa shape index (κ1) is 22.7. The van der Waals surface area contributed by atoms with Gasteiger partial charge in [0.15, 0.2) is 9.84 Å². The van der Waals surface area contributed by atoms with Crippen LogP contribution in [-0.2, 0) is 26.8 Å². The van der Waals surface area contributed by atoms with E-state index in [0.29, 0.717) is 23.4 Å². The molecule has 33 heavy (non-hydrogen) atoms. The highest BCUT2D eigenvalue weighted by Crippen LogP contribution is 2.28. The Morgan fingerprint density at radius 3 is 2.52 bits per heavy atom. The Hall–Kier alpha value is -3.45. The fourth-order valence-electron chi connectivity index (χ4n) is 4.03. The first-order valence-electron chi connectivity index (χ1n) is 10.9. The number of para-hydroxylation sites is 1. The molecule has 0 fully saturated rings. The van der Waals surface area contributed by atoms with Gasteiger partial charge in [-0.15, -0.1) is 0 Å². The molecule has 1 aliphatic rings. The van der Waals surface area contributed by atoms with Gasteiger partial charge in [-0.2, -0.15) is 0 Å². The lowest BCUT2D eigenvalue weighted by Gasteiger charge is -2.29. The van der Waals surface area contributed by atoms with Gasteiger partial charge in [-0.25, -0.2) is 8.42 Å². The van der Waals surface area contributed by atoms with Crippen molar-refractivity contribution in [3.63, 3.8) is 0 Å². The Bertz CT molecular complexity index is 1280. The predicted molar refractivity (Wildman–Crippen MR) is 130 cm³/mol. The molecule has 1 heterocycles. The molecule has 6 nitrogen and oxygen atoms in total. The van der Waals surface area contributed by atoms with Crippen molar-refractivity contribution in [2.75, 3.05) is 22.5 Å². The zero-order valence-electron chi connectivity index (χ0n) is 18.5. The van der Waals surface area contributed by atoms with Crippen LogP contribution in [0.4, 0.5) is 11.4 Å². The van der Waals surface area contributed by atoms with Gasteiger partial charge >= 0.3 is 0 Å². The molecular formula is C26H26N2O4S. The molecule has 2 amide bonds. The average molecular weight is 463 g/mol. The van der Waals surface area contributed by atoms with Crippen molar-refractivity contribution < 1.29 is 18.0 Å². The SMILES string of the molecule is Cc1ccc(NC(=O)CS(=O)(=O)Cc2cccc(C(=O)N3CCCc4ccccc43)c2)cc1. The normalized spacial score (nSPS) is 13.3. The summed E-state index contributed by atoms with van der Waals surface area (Å²) in [6, 6.07) is 21.6. The summed E-state index contributed by atoms with van der Waals surface area (Å²) < 4.78 is 25.3. The van der Waals surface area contributed by atoms with Gasteiger partial charge in [-0.05, 0) is 61.2 Å². The molecule has 3 aromatic rings. The van der Waals surface area contributed by atoms with Gasteiger partial charge in [0.2, 0.25) is 5.91 Å². The van der Waals surface area contributed by atoms with Crippen molar-refractivity contribution in [3.8, 4) is 0 Å². The van der Waals surface area contributed by atoms with Gasteiger partial charge in [0.05, 0.1) is 5.75 Å². The van der Waals surface area contributed by atoms with Crippen molar-refractivity contribution >= 4 is 33.0 Å². The van der Waals surface area contributed by atoms with Crippen LogP contribution in [0.5, 0.6) is 0 Å². The molecule has 3 aromatic carbocycles. The number of nitrogens with one attached hydrogen (secondary N) is 1. The Labute approximate surface area is 194 Å². The monoisotopic (exact) mass is 462 g/mol. The number of carbonyl (C=O) groups is 2. The number of rotatable bonds is 6. The van der Waals surface area contributed by atoms with Gasteiger partial charge in [-0.1, -0.05) is 48.0 Å². The van der Waals surface area contributed by atoms with E-state index in [9.17, 15) is 18.0 Å². The van der Waals surface area contributed by atoms with Crippen LogP contribution in [-0.4, -0.2) is 32.5 Å². The van der Waals surface area contributed by atoms with Crippen molar-refractivity contribution in [3.05, 3.63) is 95.1 Å². The van der Waals surface area contributed by atoms with E-state index in [1.807, 2.05) is 43.3 Å². The topological polar surface area (TPSA) is 83.5 Å². The molecule has 0 aromatic heterocycles. The molecule has 0 spiro atoms. The number of fused-ring (bicyclic) bond motifs is 1. The fraction of sp³-hybridized carbons (Fsp3) is 0.231. The summed E-state index contributed by atoms with van der Waals surface area (Å²) in [5.41, 5.74) is 4.55. The summed E-state index contributed by atoms with van der Waals surface area (Å²) in [5, 5.41) is 2.61. The van der Waals surface area contributed by atoms with Crippen molar-refractivity contribution in [2.24, 2.45) is 0 Å². The third kappa shape index (κ3) is 5.68. The first-order chi connectivity index (χ1) is 15.8. The van der Waals surface area contributed by atoms with Crippen LogP contribution in [0.3, 0.4) is 0 Å². The molecule has 0 bridgehead atoms. The summed E-state index contributed by atoms with van der Waals surface area (Å²) in [7, 11) is -3.72. The summed E-state index contributed by atoms with van der Waals surface area (Å²) in [4.78, 5) is 27.2. The van der Waals surface area contributed by atoms with E-state index in [0.717, 1.165) is 29.7 Å². The number of sulfone groups is 1. The molecule has 170 valence electrons. The van der Waals surface area contributed by atoms with E-state index in [-0.39, 0.29) is 11.7 Å². The third-order valence-corrected chi connectivity index (χ3v) is 7.08. The maximum absolute atomic E-state index is 13.2. The van der Waals surface area contributed by atoms with Crippen molar-refractivity contribution in [1.82, 2.24) is 0 Å². The fourth-order valence-corrected chi connectivity index (χ4v) is 5.29. The van der Waals surface area contributed by atoms with Gasteiger partial charge in [0.25, 0.3) is 5.91 Å². The Morgan fingerprint density at radius 1 is 0.970 bits per heavy atom. The van der Waals surface area contributed by atoms with E-state index >= 15 is 0 Å².